The average molecular weight is 299 g/mol. The van der Waals surface area contributed by atoms with E-state index in [-0.39, 0.29) is 28.4 Å². The number of rotatable bonds is 4. The van der Waals surface area contributed by atoms with E-state index in [0.29, 0.717) is 13.2 Å². The number of benzene rings is 1. The number of carbonyl (C=O) groups excluding carboxylic acids is 1. The minimum absolute atomic E-state index is 0.0864. The first-order valence-electron chi connectivity index (χ1n) is 6.11. The van der Waals surface area contributed by atoms with Crippen LogP contribution < -0.4 is 15.8 Å². The average Bonchev–Trinajstić information content (AvgIpc) is 2.86. The smallest absolute Gasteiger partial charge is 0.240 e. The standard InChI is InChI=1S/C12H17N3O4S/c1-14-10-7-19-6-8(10)12(16)15-9-4-2-3-5-11(9)20(13,17)18/h2-5,8,10,14H,6-7H2,1H3,(H,15,16)(H2,13,17,18). The molecule has 0 bridgehead atoms. The molecule has 0 spiro atoms. The molecule has 0 saturated carbocycles. The highest BCUT2D eigenvalue weighted by Gasteiger charge is 2.33. The molecule has 2 rings (SSSR count). The van der Waals surface area contributed by atoms with E-state index in [4.69, 9.17) is 9.88 Å². The topological polar surface area (TPSA) is 111 Å². The summed E-state index contributed by atoms with van der Waals surface area (Å²) in [4.78, 5) is 12.1. The molecule has 1 saturated heterocycles. The van der Waals surface area contributed by atoms with E-state index in [1.165, 1.54) is 12.1 Å². The summed E-state index contributed by atoms with van der Waals surface area (Å²) in [7, 11) is -2.14. The van der Waals surface area contributed by atoms with E-state index < -0.39 is 10.0 Å². The number of anilines is 1. The van der Waals surface area contributed by atoms with E-state index in [1.54, 1.807) is 19.2 Å². The van der Waals surface area contributed by atoms with Crippen LogP contribution in [-0.2, 0) is 19.6 Å². The van der Waals surface area contributed by atoms with Gasteiger partial charge in [0.1, 0.15) is 4.90 Å². The van der Waals surface area contributed by atoms with Crippen LogP contribution in [0.1, 0.15) is 0 Å². The van der Waals surface area contributed by atoms with Gasteiger partial charge in [-0.1, -0.05) is 12.1 Å². The van der Waals surface area contributed by atoms with Gasteiger partial charge in [0.25, 0.3) is 0 Å². The number of hydrogen-bond donors (Lipinski definition) is 3. The number of likely N-dealkylation sites (N-methyl/N-ethyl adjacent to an activating group) is 1. The monoisotopic (exact) mass is 299 g/mol. The summed E-state index contributed by atoms with van der Waals surface area (Å²) >= 11 is 0. The Morgan fingerprint density at radius 3 is 2.70 bits per heavy atom. The quantitative estimate of drug-likeness (QED) is 0.694. The van der Waals surface area contributed by atoms with Crippen LogP contribution in [0.3, 0.4) is 0 Å². The van der Waals surface area contributed by atoms with Crippen LogP contribution in [0.5, 0.6) is 0 Å². The number of sulfonamides is 1. The van der Waals surface area contributed by atoms with Crippen molar-refractivity contribution in [2.24, 2.45) is 11.1 Å². The molecular weight excluding hydrogens is 282 g/mol. The number of ether oxygens (including phenoxy) is 1. The van der Waals surface area contributed by atoms with Gasteiger partial charge >= 0.3 is 0 Å². The number of nitrogens with two attached hydrogens (primary N) is 1. The highest BCUT2D eigenvalue weighted by Crippen LogP contribution is 2.22. The molecule has 1 heterocycles. The molecule has 0 aromatic heterocycles. The normalized spacial score (nSPS) is 22.7. The number of carbonyl (C=O) groups is 1. The molecule has 1 aromatic rings. The van der Waals surface area contributed by atoms with Gasteiger partial charge in [-0.3, -0.25) is 4.79 Å². The summed E-state index contributed by atoms with van der Waals surface area (Å²) in [6.07, 6.45) is 0. The Balaban J connectivity index is 2.20. The van der Waals surface area contributed by atoms with Crippen molar-refractivity contribution in [1.29, 1.82) is 0 Å². The zero-order chi connectivity index (χ0) is 14.8. The SMILES string of the molecule is CNC1COCC1C(=O)Nc1ccccc1S(N)(=O)=O. The Kier molecular flexibility index (Phi) is 4.39. The fourth-order valence-corrected chi connectivity index (χ4v) is 2.83. The summed E-state index contributed by atoms with van der Waals surface area (Å²) in [5.41, 5.74) is 0.182. The molecule has 2 unspecified atom stereocenters. The molecule has 1 amide bonds. The number of primary sulfonamides is 1. The first-order valence-corrected chi connectivity index (χ1v) is 7.66. The summed E-state index contributed by atoms with van der Waals surface area (Å²) in [5, 5.41) is 10.7. The Morgan fingerprint density at radius 1 is 1.35 bits per heavy atom. The molecule has 7 nitrogen and oxygen atoms in total. The molecule has 110 valence electrons. The maximum atomic E-state index is 12.2. The fraction of sp³-hybridized carbons (Fsp3) is 0.417. The summed E-state index contributed by atoms with van der Waals surface area (Å²) in [5.74, 6) is -0.661. The molecule has 0 aliphatic carbocycles. The lowest BCUT2D eigenvalue weighted by molar-refractivity contribution is -0.120. The van der Waals surface area contributed by atoms with Crippen molar-refractivity contribution in [2.75, 3.05) is 25.6 Å². The van der Waals surface area contributed by atoms with Gasteiger partial charge in [0.2, 0.25) is 15.9 Å². The van der Waals surface area contributed by atoms with Crippen LogP contribution in [0, 0.1) is 5.92 Å². The second-order valence-corrected chi connectivity index (χ2v) is 6.10. The van der Waals surface area contributed by atoms with Crippen molar-refractivity contribution < 1.29 is 17.9 Å². The van der Waals surface area contributed by atoms with Crippen molar-refractivity contribution in [1.82, 2.24) is 5.32 Å². The fourth-order valence-electron chi connectivity index (χ4n) is 2.14. The van der Waals surface area contributed by atoms with Crippen LogP contribution in [0.15, 0.2) is 29.2 Å². The number of hydrogen-bond acceptors (Lipinski definition) is 5. The first-order chi connectivity index (χ1) is 9.43. The maximum Gasteiger partial charge on any atom is 0.240 e. The van der Waals surface area contributed by atoms with Crippen molar-refractivity contribution >= 4 is 21.6 Å². The van der Waals surface area contributed by atoms with Crippen LogP contribution in [-0.4, -0.2) is 40.6 Å². The van der Waals surface area contributed by atoms with Gasteiger partial charge in [0.15, 0.2) is 0 Å². The second-order valence-electron chi connectivity index (χ2n) is 4.57. The Hall–Kier alpha value is -1.48. The summed E-state index contributed by atoms with van der Waals surface area (Å²) in [6, 6.07) is 5.94. The minimum atomic E-state index is -3.88. The Labute approximate surface area is 117 Å². The number of nitrogens with one attached hydrogen (secondary N) is 2. The predicted molar refractivity (Wildman–Crippen MR) is 73.6 cm³/mol. The highest BCUT2D eigenvalue weighted by atomic mass is 32.2. The second kappa shape index (κ2) is 5.88. The Bertz CT molecular complexity index is 602. The predicted octanol–water partition coefficient (Wildman–Crippen LogP) is -0.493. The minimum Gasteiger partial charge on any atom is -0.379 e. The van der Waals surface area contributed by atoms with E-state index in [2.05, 4.69) is 10.6 Å². The van der Waals surface area contributed by atoms with Gasteiger partial charge < -0.3 is 15.4 Å². The third-order valence-electron chi connectivity index (χ3n) is 3.24. The van der Waals surface area contributed by atoms with Gasteiger partial charge in [-0.2, -0.15) is 0 Å². The third kappa shape index (κ3) is 3.15. The number of para-hydroxylation sites is 1. The summed E-state index contributed by atoms with van der Waals surface area (Å²) in [6.45, 7) is 0.750. The maximum absolute atomic E-state index is 12.2. The van der Waals surface area contributed by atoms with Gasteiger partial charge in [0, 0.05) is 6.04 Å². The third-order valence-corrected chi connectivity index (χ3v) is 4.21. The lowest BCUT2D eigenvalue weighted by Crippen LogP contribution is -2.39. The van der Waals surface area contributed by atoms with Crippen molar-refractivity contribution in [3.63, 3.8) is 0 Å². The molecule has 1 fully saturated rings. The van der Waals surface area contributed by atoms with Crippen LogP contribution in [0.25, 0.3) is 0 Å². The van der Waals surface area contributed by atoms with Crippen molar-refractivity contribution in [3.8, 4) is 0 Å². The van der Waals surface area contributed by atoms with Gasteiger partial charge in [0.05, 0.1) is 24.8 Å². The van der Waals surface area contributed by atoms with Crippen LogP contribution in [0.2, 0.25) is 0 Å². The van der Waals surface area contributed by atoms with Gasteiger partial charge in [-0.25, -0.2) is 13.6 Å². The van der Waals surface area contributed by atoms with E-state index in [9.17, 15) is 13.2 Å². The number of amides is 1. The van der Waals surface area contributed by atoms with E-state index in [1.807, 2.05) is 0 Å². The van der Waals surface area contributed by atoms with E-state index in [0.717, 1.165) is 0 Å². The lowest BCUT2D eigenvalue weighted by Gasteiger charge is -2.17. The molecule has 20 heavy (non-hydrogen) atoms. The van der Waals surface area contributed by atoms with Crippen LogP contribution >= 0.6 is 0 Å². The molecule has 1 aromatic carbocycles. The molecular formula is C12H17N3O4S. The highest BCUT2D eigenvalue weighted by molar-refractivity contribution is 7.89. The zero-order valence-corrected chi connectivity index (χ0v) is 11.8. The molecule has 2 atom stereocenters. The van der Waals surface area contributed by atoms with Gasteiger partial charge in [-0.05, 0) is 19.2 Å². The lowest BCUT2D eigenvalue weighted by atomic mass is 10.0. The summed E-state index contributed by atoms with van der Waals surface area (Å²) < 4.78 is 28.2. The Morgan fingerprint density at radius 2 is 2.05 bits per heavy atom. The first kappa shape index (κ1) is 14.9. The van der Waals surface area contributed by atoms with Gasteiger partial charge in [-0.15, -0.1) is 0 Å². The molecule has 8 heteroatoms. The largest absolute Gasteiger partial charge is 0.379 e. The van der Waals surface area contributed by atoms with Crippen LogP contribution in [0.4, 0.5) is 5.69 Å². The molecule has 1 aliphatic rings. The molecule has 1 aliphatic heterocycles. The zero-order valence-electron chi connectivity index (χ0n) is 11.0. The molecule has 0 radical (unpaired) electrons. The van der Waals surface area contributed by atoms with Crippen molar-refractivity contribution in [2.45, 2.75) is 10.9 Å². The van der Waals surface area contributed by atoms with Crippen molar-refractivity contribution in [3.05, 3.63) is 24.3 Å². The molecule has 4 N–H and O–H groups in total. The van der Waals surface area contributed by atoms with E-state index >= 15 is 0 Å².